The van der Waals surface area contributed by atoms with Gasteiger partial charge in [-0.05, 0) is 24.3 Å². The summed E-state index contributed by atoms with van der Waals surface area (Å²) >= 11 is 6.56. The van der Waals surface area contributed by atoms with Gasteiger partial charge in [0, 0.05) is 27.0 Å². The molecule has 1 aromatic heterocycles. The van der Waals surface area contributed by atoms with Crippen molar-refractivity contribution in [2.24, 2.45) is 5.10 Å². The highest BCUT2D eigenvalue weighted by Gasteiger charge is 2.22. The standard InChI is InChI=1S/C20H16Br2N4O6/c1-3-17-24-15-5-4-12(21)7-14(15)20(28)25(17)23-9-11-6-13(22)8-16(26(29)30)19(11)32-10-18(27)31-2/h4-9H,3,10H2,1-2H3. The van der Waals surface area contributed by atoms with Gasteiger partial charge in [0.05, 0.1) is 29.2 Å². The van der Waals surface area contributed by atoms with E-state index in [1.54, 1.807) is 18.2 Å². The Kier molecular flexibility index (Phi) is 7.36. The van der Waals surface area contributed by atoms with E-state index in [1.807, 2.05) is 6.92 Å². The average molecular weight is 568 g/mol. The summed E-state index contributed by atoms with van der Waals surface area (Å²) < 4.78 is 12.1. The van der Waals surface area contributed by atoms with Crippen LogP contribution < -0.4 is 10.3 Å². The van der Waals surface area contributed by atoms with Gasteiger partial charge in [-0.15, -0.1) is 0 Å². The number of carbonyl (C=O) groups excluding carboxylic acids is 1. The van der Waals surface area contributed by atoms with Crippen molar-refractivity contribution in [2.75, 3.05) is 13.7 Å². The molecule has 0 amide bonds. The smallest absolute Gasteiger partial charge is 0.343 e. The lowest BCUT2D eigenvalue weighted by Gasteiger charge is -2.10. The number of esters is 1. The summed E-state index contributed by atoms with van der Waals surface area (Å²) in [7, 11) is 1.17. The van der Waals surface area contributed by atoms with Gasteiger partial charge in [0.1, 0.15) is 5.82 Å². The molecule has 0 spiro atoms. The second kappa shape index (κ2) is 10.0. The SMILES string of the molecule is CCc1nc2ccc(Br)cc2c(=O)n1N=Cc1cc(Br)cc([N+](=O)[O-])c1OCC(=O)OC. The molecule has 0 unspecified atom stereocenters. The maximum absolute atomic E-state index is 13.0. The minimum atomic E-state index is -0.709. The Hall–Kier alpha value is -3.12. The third-order valence-corrected chi connectivity index (χ3v) is 5.28. The average Bonchev–Trinajstić information content (AvgIpc) is 2.77. The number of hydrogen-bond donors (Lipinski definition) is 0. The van der Waals surface area contributed by atoms with Crippen LogP contribution in [-0.2, 0) is 16.0 Å². The first-order valence-electron chi connectivity index (χ1n) is 9.18. The van der Waals surface area contributed by atoms with Crippen LogP contribution in [0.2, 0.25) is 0 Å². The summed E-state index contributed by atoms with van der Waals surface area (Å²) in [6.45, 7) is 1.29. The summed E-state index contributed by atoms with van der Waals surface area (Å²) in [6.07, 6.45) is 1.67. The molecular weight excluding hydrogens is 552 g/mol. The molecule has 0 N–H and O–H groups in total. The molecule has 0 aliphatic rings. The number of fused-ring (bicyclic) bond motifs is 1. The molecule has 32 heavy (non-hydrogen) atoms. The van der Waals surface area contributed by atoms with Gasteiger partial charge in [-0.1, -0.05) is 38.8 Å². The Labute approximate surface area is 198 Å². The van der Waals surface area contributed by atoms with Crippen molar-refractivity contribution < 1.29 is 19.2 Å². The first kappa shape index (κ1) is 23.5. The van der Waals surface area contributed by atoms with E-state index in [9.17, 15) is 19.7 Å². The molecule has 3 rings (SSSR count). The van der Waals surface area contributed by atoms with Crippen molar-refractivity contribution >= 4 is 60.6 Å². The molecule has 0 aliphatic heterocycles. The number of nitro groups is 1. The normalized spacial score (nSPS) is 11.1. The minimum absolute atomic E-state index is 0.179. The predicted molar refractivity (Wildman–Crippen MR) is 124 cm³/mol. The van der Waals surface area contributed by atoms with Gasteiger partial charge in [-0.25, -0.2) is 9.78 Å². The zero-order valence-corrected chi connectivity index (χ0v) is 20.0. The zero-order chi connectivity index (χ0) is 23.4. The van der Waals surface area contributed by atoms with Gasteiger partial charge in [0.15, 0.2) is 6.61 Å². The van der Waals surface area contributed by atoms with Crippen LogP contribution in [0.3, 0.4) is 0 Å². The Balaban J connectivity index is 2.15. The lowest BCUT2D eigenvalue weighted by atomic mass is 10.2. The number of aryl methyl sites for hydroxylation is 1. The number of rotatable bonds is 7. The molecule has 3 aromatic rings. The fourth-order valence-corrected chi connectivity index (χ4v) is 3.67. The lowest BCUT2D eigenvalue weighted by Crippen LogP contribution is -2.22. The number of nitro benzene ring substituents is 1. The number of hydrogen-bond acceptors (Lipinski definition) is 8. The third kappa shape index (κ3) is 5.02. The summed E-state index contributed by atoms with van der Waals surface area (Å²) in [4.78, 5) is 39.9. The molecule has 0 bridgehead atoms. The Morgan fingerprint density at radius 2 is 2.03 bits per heavy atom. The van der Waals surface area contributed by atoms with Crippen LogP contribution in [0.5, 0.6) is 5.75 Å². The topological polar surface area (TPSA) is 126 Å². The fraction of sp³-hybridized carbons (Fsp3) is 0.200. The van der Waals surface area contributed by atoms with Gasteiger partial charge < -0.3 is 9.47 Å². The predicted octanol–water partition coefficient (Wildman–Crippen LogP) is 3.83. The fourth-order valence-electron chi connectivity index (χ4n) is 2.84. The molecule has 0 fully saturated rings. The van der Waals surface area contributed by atoms with E-state index in [1.165, 1.54) is 25.5 Å². The second-order valence-electron chi connectivity index (χ2n) is 6.37. The van der Waals surface area contributed by atoms with Gasteiger partial charge in [-0.3, -0.25) is 14.9 Å². The number of nitrogens with zero attached hydrogens (tertiary/aromatic N) is 4. The Bertz CT molecular complexity index is 1310. The molecule has 0 saturated heterocycles. The van der Waals surface area contributed by atoms with E-state index in [0.717, 1.165) is 4.68 Å². The van der Waals surface area contributed by atoms with Gasteiger partial charge in [0.2, 0.25) is 5.75 Å². The Morgan fingerprint density at radius 1 is 1.28 bits per heavy atom. The van der Waals surface area contributed by atoms with E-state index in [2.05, 4.69) is 46.7 Å². The highest BCUT2D eigenvalue weighted by Crippen LogP contribution is 2.34. The van der Waals surface area contributed by atoms with Crippen molar-refractivity contribution in [3.05, 3.63) is 71.1 Å². The molecule has 0 aliphatic carbocycles. The van der Waals surface area contributed by atoms with Crippen LogP contribution in [0.15, 0.2) is 49.2 Å². The van der Waals surface area contributed by atoms with Crippen LogP contribution in [0.1, 0.15) is 18.3 Å². The third-order valence-electron chi connectivity index (χ3n) is 4.33. The van der Waals surface area contributed by atoms with Crippen molar-refractivity contribution in [3.8, 4) is 5.75 Å². The molecule has 0 radical (unpaired) electrons. The van der Waals surface area contributed by atoms with E-state index in [-0.39, 0.29) is 17.0 Å². The number of carbonyl (C=O) groups is 1. The van der Waals surface area contributed by atoms with E-state index in [4.69, 9.17) is 4.74 Å². The van der Waals surface area contributed by atoms with Crippen molar-refractivity contribution in [1.29, 1.82) is 0 Å². The van der Waals surface area contributed by atoms with Crippen LogP contribution in [0.25, 0.3) is 10.9 Å². The van der Waals surface area contributed by atoms with Crippen molar-refractivity contribution in [1.82, 2.24) is 9.66 Å². The first-order chi connectivity index (χ1) is 15.2. The zero-order valence-electron chi connectivity index (χ0n) is 16.9. The number of ether oxygens (including phenoxy) is 2. The van der Waals surface area contributed by atoms with Crippen LogP contribution in [0, 0.1) is 10.1 Å². The molecule has 0 saturated carbocycles. The van der Waals surface area contributed by atoms with Crippen molar-refractivity contribution in [3.63, 3.8) is 0 Å². The summed E-state index contributed by atoms with van der Waals surface area (Å²) in [5.41, 5.74) is -0.0701. The van der Waals surface area contributed by atoms with Crippen LogP contribution in [-0.4, -0.2) is 40.5 Å². The highest BCUT2D eigenvalue weighted by atomic mass is 79.9. The number of benzene rings is 2. The largest absolute Gasteiger partial charge is 0.474 e. The molecule has 12 heteroatoms. The first-order valence-corrected chi connectivity index (χ1v) is 10.8. The minimum Gasteiger partial charge on any atom is -0.474 e. The van der Waals surface area contributed by atoms with E-state index >= 15 is 0 Å². The van der Waals surface area contributed by atoms with Gasteiger partial charge in [0.25, 0.3) is 5.56 Å². The summed E-state index contributed by atoms with van der Waals surface area (Å²) in [5, 5.41) is 16.1. The van der Waals surface area contributed by atoms with E-state index in [0.29, 0.717) is 32.1 Å². The molecule has 2 aromatic carbocycles. The van der Waals surface area contributed by atoms with Crippen LogP contribution in [0.4, 0.5) is 5.69 Å². The van der Waals surface area contributed by atoms with E-state index < -0.39 is 23.1 Å². The summed E-state index contributed by atoms with van der Waals surface area (Å²) in [6, 6.07) is 7.91. The number of aromatic nitrogens is 2. The molecule has 1 heterocycles. The number of halogens is 2. The second-order valence-corrected chi connectivity index (χ2v) is 8.20. The van der Waals surface area contributed by atoms with Gasteiger partial charge >= 0.3 is 11.7 Å². The molecule has 166 valence electrons. The Morgan fingerprint density at radius 3 is 2.69 bits per heavy atom. The van der Waals surface area contributed by atoms with Crippen molar-refractivity contribution in [2.45, 2.75) is 13.3 Å². The number of methoxy groups -OCH3 is 1. The maximum atomic E-state index is 13.0. The maximum Gasteiger partial charge on any atom is 0.343 e. The quantitative estimate of drug-likeness (QED) is 0.184. The molecule has 0 atom stereocenters. The monoisotopic (exact) mass is 566 g/mol. The molecule has 10 nitrogen and oxygen atoms in total. The highest BCUT2D eigenvalue weighted by molar-refractivity contribution is 9.10. The molecular formula is C20H16Br2N4O6. The van der Waals surface area contributed by atoms with Crippen LogP contribution >= 0.6 is 31.9 Å². The lowest BCUT2D eigenvalue weighted by molar-refractivity contribution is -0.385. The summed E-state index contributed by atoms with van der Waals surface area (Å²) in [5.74, 6) is -0.489. The van der Waals surface area contributed by atoms with Gasteiger partial charge in [-0.2, -0.15) is 9.78 Å².